The molecule has 45 heavy (non-hydrogen) atoms. The first-order valence-electron chi connectivity index (χ1n) is 15.0. The number of anilines is 1. The summed E-state index contributed by atoms with van der Waals surface area (Å²) in [6.45, 7) is 1.78. The molecule has 0 saturated carbocycles. The molecule has 0 aliphatic carbocycles. The summed E-state index contributed by atoms with van der Waals surface area (Å²) in [6, 6.07) is 18.7. The second kappa shape index (κ2) is 12.0. The zero-order valence-corrected chi connectivity index (χ0v) is 24.4. The van der Waals surface area contributed by atoms with Gasteiger partial charge in [-0.2, -0.15) is 5.10 Å². The van der Waals surface area contributed by atoms with Crippen LogP contribution in [0.15, 0.2) is 73.2 Å². The maximum absolute atomic E-state index is 15.1. The number of nitrogens with two attached hydrogens (primary N) is 1. The fraction of sp³-hybridized carbons (Fsp3) is 0.273. The number of rotatable bonds is 7. The Labute approximate surface area is 258 Å². The Balaban J connectivity index is 1.05. The van der Waals surface area contributed by atoms with E-state index in [1.807, 2.05) is 59.3 Å². The van der Waals surface area contributed by atoms with Gasteiger partial charge in [-0.3, -0.25) is 24.8 Å². The molecule has 3 N–H and O–H groups in total. The van der Waals surface area contributed by atoms with Gasteiger partial charge in [0, 0.05) is 37.8 Å². The van der Waals surface area contributed by atoms with E-state index >= 15 is 4.39 Å². The van der Waals surface area contributed by atoms with Crippen molar-refractivity contribution in [1.29, 1.82) is 0 Å². The number of halogens is 1. The van der Waals surface area contributed by atoms with Gasteiger partial charge in [0.25, 0.3) is 0 Å². The molecule has 2 aliphatic heterocycles. The molecule has 0 bridgehead atoms. The Hall–Kier alpha value is -5.23. The minimum absolute atomic E-state index is 0.0696. The number of aromatic nitrogens is 5. The van der Waals surface area contributed by atoms with Crippen molar-refractivity contribution >= 4 is 28.7 Å². The van der Waals surface area contributed by atoms with Gasteiger partial charge in [0.2, 0.25) is 11.8 Å². The highest BCUT2D eigenvalue weighted by Gasteiger charge is 2.30. The van der Waals surface area contributed by atoms with Gasteiger partial charge in [0.1, 0.15) is 35.2 Å². The Bertz CT molecular complexity index is 1870. The van der Waals surface area contributed by atoms with Crippen molar-refractivity contribution in [2.45, 2.75) is 44.2 Å². The number of imide groups is 1. The third kappa shape index (κ3) is 5.84. The number of likely N-dealkylation sites (tertiary alicyclic amines) is 1. The maximum Gasteiger partial charge on any atom is 0.234 e. The molecule has 0 radical (unpaired) electrons. The third-order valence-corrected chi connectivity index (χ3v) is 8.48. The fourth-order valence-corrected chi connectivity index (χ4v) is 6.09. The summed E-state index contributed by atoms with van der Waals surface area (Å²) < 4.78 is 23.0. The number of pyridine rings is 1. The summed E-state index contributed by atoms with van der Waals surface area (Å²) in [5.74, 6) is 0.108. The van der Waals surface area contributed by atoms with Gasteiger partial charge in [-0.05, 0) is 67.3 Å². The molecular formula is C33H31FN8O3. The average molecular weight is 607 g/mol. The smallest absolute Gasteiger partial charge is 0.234 e. The summed E-state index contributed by atoms with van der Waals surface area (Å²) in [5, 5.41) is 8.02. The molecule has 11 nitrogen and oxygen atoms in total. The van der Waals surface area contributed by atoms with Crippen LogP contribution in [0.2, 0.25) is 0 Å². The molecule has 1 atom stereocenters. The van der Waals surface area contributed by atoms with Crippen LogP contribution in [0.25, 0.3) is 22.3 Å². The third-order valence-electron chi connectivity index (χ3n) is 8.48. The number of fused-ring (bicyclic) bond motifs is 1. The van der Waals surface area contributed by atoms with E-state index in [1.54, 1.807) is 6.20 Å². The summed E-state index contributed by atoms with van der Waals surface area (Å²) in [6.07, 6.45) is 5.15. The highest BCUT2D eigenvalue weighted by atomic mass is 19.1. The van der Waals surface area contributed by atoms with Gasteiger partial charge in [-0.25, -0.2) is 19.0 Å². The van der Waals surface area contributed by atoms with Crippen LogP contribution in [0.4, 0.5) is 10.2 Å². The molecule has 2 aromatic carbocycles. The lowest BCUT2D eigenvalue weighted by Crippen LogP contribution is -2.39. The number of hydrogen-bond donors (Lipinski definition) is 2. The topological polar surface area (TPSA) is 141 Å². The van der Waals surface area contributed by atoms with Gasteiger partial charge in [0.05, 0.1) is 23.0 Å². The molecule has 3 aromatic heterocycles. The van der Waals surface area contributed by atoms with Gasteiger partial charge in [-0.1, -0.05) is 18.2 Å². The van der Waals surface area contributed by atoms with Crippen LogP contribution in [0.5, 0.6) is 11.5 Å². The molecule has 228 valence electrons. The van der Waals surface area contributed by atoms with Gasteiger partial charge in [0.15, 0.2) is 5.65 Å². The van der Waals surface area contributed by atoms with Gasteiger partial charge < -0.3 is 10.5 Å². The number of carbonyl (C=O) groups excluding carboxylic acids is 2. The lowest BCUT2D eigenvalue weighted by atomic mass is 9.91. The Morgan fingerprint density at radius 2 is 1.71 bits per heavy atom. The number of carbonyl (C=O) groups is 2. The number of piperidine rings is 2. The highest BCUT2D eigenvalue weighted by Crippen LogP contribution is 2.35. The van der Waals surface area contributed by atoms with E-state index in [4.69, 9.17) is 15.6 Å². The van der Waals surface area contributed by atoms with Crippen LogP contribution < -0.4 is 15.8 Å². The normalized spacial score (nSPS) is 17.8. The monoisotopic (exact) mass is 606 g/mol. The fourth-order valence-electron chi connectivity index (χ4n) is 6.09. The SMILES string of the molecule is Nc1ncnc2c1c(-c1ccc(Oc3ccccc3)cc1)nn2C1CCN(Cc2ncc(C3CCC(=O)NC3=O)cc2F)CC1. The predicted octanol–water partition coefficient (Wildman–Crippen LogP) is 4.76. The minimum Gasteiger partial charge on any atom is -0.457 e. The number of amides is 2. The van der Waals surface area contributed by atoms with Crippen molar-refractivity contribution in [2.75, 3.05) is 18.8 Å². The number of para-hydroxylation sites is 1. The number of ether oxygens (including phenoxy) is 1. The molecule has 12 heteroatoms. The van der Waals surface area contributed by atoms with Crippen LogP contribution in [0.1, 0.15) is 48.9 Å². The minimum atomic E-state index is -0.568. The second-order valence-electron chi connectivity index (χ2n) is 11.4. The van der Waals surface area contributed by atoms with Crippen LogP contribution in [-0.2, 0) is 16.1 Å². The molecule has 2 aliphatic rings. The zero-order valence-electron chi connectivity index (χ0n) is 24.4. The first-order valence-corrected chi connectivity index (χ1v) is 15.0. The number of hydrogen-bond acceptors (Lipinski definition) is 9. The van der Waals surface area contributed by atoms with Crippen LogP contribution in [0, 0.1) is 5.82 Å². The highest BCUT2D eigenvalue weighted by molar-refractivity contribution is 6.01. The van der Waals surface area contributed by atoms with Crippen molar-refractivity contribution in [2.24, 2.45) is 0 Å². The van der Waals surface area contributed by atoms with E-state index < -0.39 is 17.6 Å². The molecule has 7 rings (SSSR count). The summed E-state index contributed by atoms with van der Waals surface area (Å²) in [7, 11) is 0. The first-order chi connectivity index (χ1) is 21.9. The molecule has 1 unspecified atom stereocenters. The summed E-state index contributed by atoms with van der Waals surface area (Å²) >= 11 is 0. The van der Waals surface area contributed by atoms with E-state index in [9.17, 15) is 9.59 Å². The van der Waals surface area contributed by atoms with Crippen LogP contribution in [-0.4, -0.2) is 54.5 Å². The number of benzene rings is 2. The first kappa shape index (κ1) is 28.5. The summed E-state index contributed by atoms with van der Waals surface area (Å²) in [5.41, 5.74) is 9.42. The van der Waals surface area contributed by atoms with E-state index in [2.05, 4.69) is 25.2 Å². The molecule has 2 fully saturated rings. The maximum atomic E-state index is 15.1. The van der Waals surface area contributed by atoms with Crippen molar-refractivity contribution < 1.29 is 18.7 Å². The van der Waals surface area contributed by atoms with E-state index in [1.165, 1.54) is 12.4 Å². The number of nitrogen functional groups attached to an aromatic ring is 1. The van der Waals surface area contributed by atoms with Crippen LogP contribution >= 0.6 is 0 Å². The molecule has 2 saturated heterocycles. The standard InChI is InChI=1S/C33H31FN8O3/c34-26-16-21(25-10-11-28(43)39-33(25)44)17-36-27(26)18-41-14-12-22(13-15-41)42-32-29(31(35)37-19-38-32)30(40-42)20-6-8-24(9-7-20)45-23-4-2-1-3-5-23/h1-9,16-17,19,22,25H,10-15,18H2,(H2,35,37,38)(H,39,43,44). The average Bonchev–Trinajstić information content (AvgIpc) is 3.44. The van der Waals surface area contributed by atoms with Crippen molar-refractivity contribution in [3.05, 3.63) is 90.3 Å². The van der Waals surface area contributed by atoms with Crippen molar-refractivity contribution in [3.63, 3.8) is 0 Å². The molecule has 2 amide bonds. The quantitative estimate of drug-likeness (QED) is 0.251. The van der Waals surface area contributed by atoms with Crippen LogP contribution in [0.3, 0.4) is 0 Å². The van der Waals surface area contributed by atoms with Crippen molar-refractivity contribution in [3.8, 4) is 22.8 Å². The largest absolute Gasteiger partial charge is 0.457 e. The Morgan fingerprint density at radius 3 is 2.44 bits per heavy atom. The number of nitrogens with zero attached hydrogens (tertiary/aromatic N) is 6. The lowest BCUT2D eigenvalue weighted by Gasteiger charge is -2.32. The molecular weight excluding hydrogens is 575 g/mol. The summed E-state index contributed by atoms with van der Waals surface area (Å²) in [4.78, 5) is 39.0. The Kier molecular flexibility index (Phi) is 7.64. The van der Waals surface area contributed by atoms with Gasteiger partial charge in [-0.15, -0.1) is 0 Å². The van der Waals surface area contributed by atoms with E-state index in [0.29, 0.717) is 65.6 Å². The molecule has 0 spiro atoms. The number of nitrogens with one attached hydrogen (secondary N) is 1. The second-order valence-corrected chi connectivity index (χ2v) is 11.4. The zero-order chi connectivity index (χ0) is 30.9. The predicted molar refractivity (Wildman–Crippen MR) is 165 cm³/mol. The van der Waals surface area contributed by atoms with Gasteiger partial charge >= 0.3 is 0 Å². The van der Waals surface area contributed by atoms with E-state index in [-0.39, 0.29) is 18.4 Å². The molecule has 5 aromatic rings. The Morgan fingerprint density at radius 1 is 0.956 bits per heavy atom. The lowest BCUT2D eigenvalue weighted by molar-refractivity contribution is -0.134. The van der Waals surface area contributed by atoms with Crippen molar-refractivity contribution in [1.82, 2.24) is 34.9 Å². The van der Waals surface area contributed by atoms with E-state index in [0.717, 1.165) is 24.2 Å². The molecule has 5 heterocycles.